The Labute approximate surface area is 125 Å². The lowest BCUT2D eigenvalue weighted by Gasteiger charge is -2.08. The van der Waals surface area contributed by atoms with Crippen LogP contribution in [0.4, 0.5) is 15.8 Å². The van der Waals surface area contributed by atoms with Crippen LogP contribution in [-0.4, -0.2) is 26.4 Å². The number of hydrogen-bond donors (Lipinski definition) is 2. The van der Waals surface area contributed by atoms with Crippen LogP contribution in [0.1, 0.15) is 12.2 Å². The molecule has 0 fully saturated rings. The molecular formula is C13H16FN5OS. The Balaban J connectivity index is 1.84. The minimum atomic E-state index is -0.432. The molecule has 112 valence electrons. The number of hydrogen-bond acceptors (Lipinski definition) is 5. The number of anilines is 2. The van der Waals surface area contributed by atoms with Crippen molar-refractivity contribution in [2.24, 2.45) is 7.05 Å². The van der Waals surface area contributed by atoms with Crippen LogP contribution in [-0.2, 0) is 11.8 Å². The number of halogens is 1. The van der Waals surface area contributed by atoms with E-state index in [-0.39, 0.29) is 11.6 Å². The summed E-state index contributed by atoms with van der Waals surface area (Å²) < 4.78 is 14.8. The molecule has 6 nitrogen and oxygen atoms in total. The van der Waals surface area contributed by atoms with Crippen molar-refractivity contribution in [1.29, 1.82) is 0 Å². The summed E-state index contributed by atoms with van der Waals surface area (Å²) in [6.45, 7) is 1.86. The van der Waals surface area contributed by atoms with E-state index >= 15 is 0 Å². The molecule has 3 N–H and O–H groups in total. The third-order valence-electron chi connectivity index (χ3n) is 2.90. The zero-order valence-electron chi connectivity index (χ0n) is 11.8. The minimum absolute atomic E-state index is 0.181. The molecule has 0 bridgehead atoms. The molecule has 0 unspecified atom stereocenters. The number of carbonyl (C=O) groups is 1. The third kappa shape index (κ3) is 3.94. The van der Waals surface area contributed by atoms with E-state index in [1.54, 1.807) is 0 Å². The summed E-state index contributed by atoms with van der Waals surface area (Å²) in [7, 11) is 1.87. The highest BCUT2D eigenvalue weighted by molar-refractivity contribution is 7.99. The van der Waals surface area contributed by atoms with E-state index in [1.165, 1.54) is 30.0 Å². The number of aromatic nitrogens is 3. The number of nitrogens with two attached hydrogens (primary N) is 1. The smallest absolute Gasteiger partial charge is 0.225 e. The zero-order valence-corrected chi connectivity index (χ0v) is 12.6. The molecule has 8 heteroatoms. The fraction of sp³-hybridized carbons (Fsp3) is 0.308. The summed E-state index contributed by atoms with van der Waals surface area (Å²) in [5, 5.41) is 11.4. The second-order valence-electron chi connectivity index (χ2n) is 4.47. The Morgan fingerprint density at radius 3 is 2.86 bits per heavy atom. The van der Waals surface area contributed by atoms with Gasteiger partial charge in [-0.25, -0.2) is 4.39 Å². The molecular weight excluding hydrogens is 293 g/mol. The van der Waals surface area contributed by atoms with Crippen LogP contribution in [0, 0.1) is 12.7 Å². The minimum Gasteiger partial charge on any atom is -0.397 e. The Bertz CT molecular complexity index is 658. The van der Waals surface area contributed by atoms with Gasteiger partial charge in [-0.15, -0.1) is 10.2 Å². The molecule has 0 aliphatic heterocycles. The van der Waals surface area contributed by atoms with E-state index in [1.807, 2.05) is 18.5 Å². The van der Waals surface area contributed by atoms with Gasteiger partial charge in [-0.1, -0.05) is 11.8 Å². The fourth-order valence-electron chi connectivity index (χ4n) is 1.61. The SMILES string of the molecule is Cc1nnc(SCCC(=O)Nc2ccc(F)cc2N)n1C. The number of aryl methyl sites for hydroxylation is 1. The van der Waals surface area contributed by atoms with Crippen molar-refractivity contribution in [3.8, 4) is 0 Å². The summed E-state index contributed by atoms with van der Waals surface area (Å²) >= 11 is 1.45. The van der Waals surface area contributed by atoms with Crippen molar-refractivity contribution in [2.75, 3.05) is 16.8 Å². The first-order valence-electron chi connectivity index (χ1n) is 6.31. The van der Waals surface area contributed by atoms with Crippen molar-refractivity contribution in [3.63, 3.8) is 0 Å². The molecule has 0 atom stereocenters. The van der Waals surface area contributed by atoms with Crippen LogP contribution in [0.2, 0.25) is 0 Å². The molecule has 2 aromatic rings. The van der Waals surface area contributed by atoms with Crippen molar-refractivity contribution >= 4 is 29.0 Å². The molecule has 0 aliphatic carbocycles. The van der Waals surface area contributed by atoms with Crippen LogP contribution in [0.3, 0.4) is 0 Å². The molecule has 21 heavy (non-hydrogen) atoms. The molecule has 0 spiro atoms. The van der Waals surface area contributed by atoms with Gasteiger partial charge in [0.1, 0.15) is 11.6 Å². The Morgan fingerprint density at radius 2 is 2.24 bits per heavy atom. The first-order valence-corrected chi connectivity index (χ1v) is 7.29. The van der Waals surface area contributed by atoms with Crippen molar-refractivity contribution in [2.45, 2.75) is 18.5 Å². The van der Waals surface area contributed by atoms with E-state index < -0.39 is 5.82 Å². The average molecular weight is 309 g/mol. The normalized spacial score (nSPS) is 10.6. The van der Waals surface area contributed by atoms with Gasteiger partial charge in [-0.3, -0.25) is 4.79 Å². The van der Waals surface area contributed by atoms with Crippen LogP contribution < -0.4 is 11.1 Å². The van der Waals surface area contributed by atoms with Gasteiger partial charge in [0, 0.05) is 19.2 Å². The number of carbonyl (C=O) groups excluding carboxylic acids is 1. The van der Waals surface area contributed by atoms with E-state index in [0.29, 0.717) is 17.9 Å². The largest absolute Gasteiger partial charge is 0.397 e. The molecule has 0 saturated carbocycles. The molecule has 2 rings (SSSR count). The molecule has 1 aromatic carbocycles. The lowest BCUT2D eigenvalue weighted by molar-refractivity contribution is -0.115. The lowest BCUT2D eigenvalue weighted by atomic mass is 10.2. The van der Waals surface area contributed by atoms with Gasteiger partial charge in [-0.05, 0) is 25.1 Å². The van der Waals surface area contributed by atoms with Crippen LogP contribution >= 0.6 is 11.8 Å². The number of amides is 1. The monoisotopic (exact) mass is 309 g/mol. The number of nitrogens with one attached hydrogen (secondary N) is 1. The second-order valence-corrected chi connectivity index (χ2v) is 5.53. The Hall–Kier alpha value is -2.09. The number of rotatable bonds is 5. The van der Waals surface area contributed by atoms with Gasteiger partial charge >= 0.3 is 0 Å². The average Bonchev–Trinajstić information content (AvgIpc) is 2.74. The van der Waals surface area contributed by atoms with Crippen LogP contribution in [0.25, 0.3) is 0 Å². The summed E-state index contributed by atoms with van der Waals surface area (Å²) in [4.78, 5) is 11.8. The van der Waals surface area contributed by atoms with E-state index in [0.717, 1.165) is 11.0 Å². The molecule has 1 amide bonds. The Morgan fingerprint density at radius 1 is 1.48 bits per heavy atom. The highest BCUT2D eigenvalue weighted by Crippen LogP contribution is 2.20. The summed E-state index contributed by atoms with van der Waals surface area (Å²) in [6, 6.07) is 3.87. The summed E-state index contributed by atoms with van der Waals surface area (Å²) in [5.74, 6) is 0.776. The number of nitrogen functional groups attached to an aromatic ring is 1. The summed E-state index contributed by atoms with van der Waals surface area (Å²) in [5.41, 5.74) is 6.26. The van der Waals surface area contributed by atoms with Gasteiger partial charge < -0.3 is 15.6 Å². The predicted molar refractivity (Wildman–Crippen MR) is 80.5 cm³/mol. The standard InChI is InChI=1S/C13H16FN5OS/c1-8-17-18-13(19(8)2)21-6-5-12(20)16-11-4-3-9(14)7-10(11)15/h3-4,7H,5-6,15H2,1-2H3,(H,16,20). The highest BCUT2D eigenvalue weighted by atomic mass is 32.2. The van der Waals surface area contributed by atoms with E-state index in [9.17, 15) is 9.18 Å². The number of nitrogens with zero attached hydrogens (tertiary/aromatic N) is 3. The molecule has 0 aliphatic rings. The van der Waals surface area contributed by atoms with Gasteiger partial charge in [-0.2, -0.15) is 0 Å². The number of benzene rings is 1. The predicted octanol–water partition coefficient (Wildman–Crippen LogP) is 1.97. The van der Waals surface area contributed by atoms with Gasteiger partial charge in [0.25, 0.3) is 0 Å². The first-order chi connectivity index (χ1) is 9.97. The maximum Gasteiger partial charge on any atom is 0.225 e. The first kappa shape index (κ1) is 15.3. The Kier molecular flexibility index (Phi) is 4.79. The van der Waals surface area contributed by atoms with Gasteiger partial charge in [0.2, 0.25) is 5.91 Å². The third-order valence-corrected chi connectivity index (χ3v) is 3.92. The topological polar surface area (TPSA) is 85.8 Å². The van der Waals surface area contributed by atoms with Crippen molar-refractivity contribution in [3.05, 3.63) is 29.8 Å². The number of thioether (sulfide) groups is 1. The maximum atomic E-state index is 12.9. The molecule has 0 saturated heterocycles. The van der Waals surface area contributed by atoms with E-state index in [2.05, 4.69) is 15.5 Å². The van der Waals surface area contributed by atoms with Crippen LogP contribution in [0.5, 0.6) is 0 Å². The highest BCUT2D eigenvalue weighted by Gasteiger charge is 2.09. The van der Waals surface area contributed by atoms with E-state index in [4.69, 9.17) is 5.73 Å². The van der Waals surface area contributed by atoms with Crippen molar-refractivity contribution < 1.29 is 9.18 Å². The lowest BCUT2D eigenvalue weighted by Crippen LogP contribution is -2.13. The zero-order chi connectivity index (χ0) is 15.4. The quantitative estimate of drug-likeness (QED) is 0.651. The fourth-order valence-corrected chi connectivity index (χ4v) is 2.50. The van der Waals surface area contributed by atoms with Gasteiger partial charge in [0.15, 0.2) is 5.16 Å². The molecule has 1 aromatic heterocycles. The maximum absolute atomic E-state index is 12.9. The molecule has 1 heterocycles. The summed E-state index contributed by atoms with van der Waals surface area (Å²) in [6.07, 6.45) is 0.299. The second kappa shape index (κ2) is 6.57. The van der Waals surface area contributed by atoms with Crippen molar-refractivity contribution in [1.82, 2.24) is 14.8 Å². The van der Waals surface area contributed by atoms with Gasteiger partial charge in [0.05, 0.1) is 11.4 Å². The molecule has 0 radical (unpaired) electrons. The van der Waals surface area contributed by atoms with Crippen LogP contribution in [0.15, 0.2) is 23.4 Å².